The molecule has 4 rings (SSSR count). The number of hydrogen-bond acceptors (Lipinski definition) is 4. The van der Waals surface area contributed by atoms with E-state index >= 15 is 0 Å². The van der Waals surface area contributed by atoms with E-state index < -0.39 is 0 Å². The van der Waals surface area contributed by atoms with Crippen molar-refractivity contribution in [1.82, 2.24) is 4.90 Å². The summed E-state index contributed by atoms with van der Waals surface area (Å²) in [7, 11) is 1.71. The fourth-order valence-corrected chi connectivity index (χ4v) is 5.41. The number of aryl methyl sites for hydroxylation is 1. The number of carbonyl (C=O) groups excluding carboxylic acids is 1. The van der Waals surface area contributed by atoms with E-state index in [-0.39, 0.29) is 11.9 Å². The first-order valence-corrected chi connectivity index (χ1v) is 12.3. The molecule has 0 aliphatic carbocycles. The first kappa shape index (κ1) is 22.6. The highest BCUT2D eigenvalue weighted by atomic mass is 32.1. The Balaban J connectivity index is 1.74. The van der Waals surface area contributed by atoms with Gasteiger partial charge in [-0.15, -0.1) is 11.3 Å². The molecule has 0 bridgehead atoms. The summed E-state index contributed by atoms with van der Waals surface area (Å²) in [4.78, 5) is 16.8. The van der Waals surface area contributed by atoms with Crippen LogP contribution in [0.25, 0.3) is 0 Å². The minimum Gasteiger partial charge on any atom is -0.497 e. The third kappa shape index (κ3) is 5.05. The summed E-state index contributed by atoms with van der Waals surface area (Å²) in [5, 5.41) is 4.18. The second-order valence-corrected chi connectivity index (χ2v) is 9.71. The smallest absolute Gasteiger partial charge is 0.256 e. The lowest BCUT2D eigenvalue weighted by Crippen LogP contribution is -2.37. The van der Waals surface area contributed by atoms with Gasteiger partial charge in [-0.1, -0.05) is 44.2 Å². The number of likely N-dealkylation sites (tertiary alicyclic amines) is 1. The van der Waals surface area contributed by atoms with Crippen molar-refractivity contribution in [2.75, 3.05) is 25.5 Å². The molecule has 2 aromatic carbocycles. The van der Waals surface area contributed by atoms with Gasteiger partial charge in [0.05, 0.1) is 13.2 Å². The van der Waals surface area contributed by atoms with Crippen molar-refractivity contribution in [3.8, 4) is 5.75 Å². The Hall–Kier alpha value is -2.63. The molecule has 1 unspecified atom stereocenters. The largest absolute Gasteiger partial charge is 0.497 e. The van der Waals surface area contributed by atoms with Crippen molar-refractivity contribution >= 4 is 22.2 Å². The number of amides is 1. The Morgan fingerprint density at radius 1 is 1.12 bits per heavy atom. The number of nitrogens with zero attached hydrogens (tertiary/aromatic N) is 1. The topological polar surface area (TPSA) is 41.6 Å². The van der Waals surface area contributed by atoms with Crippen molar-refractivity contribution < 1.29 is 9.53 Å². The number of rotatable bonds is 7. The van der Waals surface area contributed by atoms with Crippen molar-refractivity contribution in [2.45, 2.75) is 39.2 Å². The number of thiophene rings is 1. The monoisotopic (exact) mass is 448 g/mol. The summed E-state index contributed by atoms with van der Waals surface area (Å²) < 4.78 is 5.54. The van der Waals surface area contributed by atoms with Gasteiger partial charge in [0.1, 0.15) is 10.8 Å². The number of carbonyl (C=O) groups is 1. The molecule has 0 saturated carbocycles. The molecule has 1 aromatic heterocycles. The number of methoxy groups -OCH3 is 1. The van der Waals surface area contributed by atoms with E-state index in [1.54, 1.807) is 18.4 Å². The van der Waals surface area contributed by atoms with Gasteiger partial charge in [0.25, 0.3) is 5.91 Å². The van der Waals surface area contributed by atoms with Crippen LogP contribution in [-0.2, 0) is 6.42 Å². The molecule has 0 spiro atoms. The molecule has 1 aliphatic rings. The average molecular weight is 449 g/mol. The van der Waals surface area contributed by atoms with Gasteiger partial charge >= 0.3 is 0 Å². The molecule has 1 amide bonds. The summed E-state index contributed by atoms with van der Waals surface area (Å²) >= 11 is 1.69. The van der Waals surface area contributed by atoms with E-state index in [2.05, 4.69) is 48.3 Å². The standard InChI is InChI=1S/C27H32N2O2S/c1-4-23-18-24(27(32-23)28-26(30)20-9-6-5-7-10-20)25(29-15-13-19(2)14-16-29)21-11-8-12-22(17-21)31-3/h5-12,17-19,25H,4,13-16H2,1-3H3,(H,28,30). The second kappa shape index (κ2) is 10.3. The van der Waals surface area contributed by atoms with Crippen LogP contribution >= 0.6 is 11.3 Å². The third-order valence-corrected chi connectivity index (χ3v) is 7.52. The van der Waals surface area contributed by atoms with Gasteiger partial charge < -0.3 is 10.1 Å². The maximum absolute atomic E-state index is 13.0. The molecule has 1 N–H and O–H groups in total. The lowest BCUT2D eigenvalue weighted by atomic mass is 9.92. The molecule has 1 saturated heterocycles. The van der Waals surface area contributed by atoms with Gasteiger partial charge in [0, 0.05) is 16.0 Å². The molecule has 4 nitrogen and oxygen atoms in total. The molecule has 168 valence electrons. The zero-order chi connectivity index (χ0) is 22.5. The van der Waals surface area contributed by atoms with Crippen LogP contribution in [0.2, 0.25) is 0 Å². The van der Waals surface area contributed by atoms with Crippen molar-refractivity contribution in [3.63, 3.8) is 0 Å². The Morgan fingerprint density at radius 2 is 1.88 bits per heavy atom. The molecule has 3 aromatic rings. The van der Waals surface area contributed by atoms with E-state index in [0.29, 0.717) is 5.56 Å². The fraction of sp³-hybridized carbons (Fsp3) is 0.370. The van der Waals surface area contributed by atoms with Gasteiger partial charge in [-0.25, -0.2) is 0 Å². The summed E-state index contributed by atoms with van der Waals surface area (Å²) in [5.74, 6) is 1.55. The van der Waals surface area contributed by atoms with Crippen LogP contribution in [0.15, 0.2) is 60.7 Å². The zero-order valence-corrected chi connectivity index (χ0v) is 20.0. The van der Waals surface area contributed by atoms with E-state index in [4.69, 9.17) is 4.74 Å². The first-order valence-electron chi connectivity index (χ1n) is 11.5. The Labute approximate surface area is 195 Å². The maximum atomic E-state index is 13.0. The van der Waals surface area contributed by atoms with Crippen LogP contribution < -0.4 is 10.1 Å². The van der Waals surface area contributed by atoms with Crippen LogP contribution in [0.1, 0.15) is 59.1 Å². The lowest BCUT2D eigenvalue weighted by molar-refractivity contribution is 0.102. The molecular formula is C27H32N2O2S. The van der Waals surface area contributed by atoms with E-state index in [1.165, 1.54) is 28.8 Å². The maximum Gasteiger partial charge on any atom is 0.256 e. The third-order valence-electron chi connectivity index (χ3n) is 6.31. The van der Waals surface area contributed by atoms with Crippen molar-refractivity contribution in [3.05, 3.63) is 82.2 Å². The Morgan fingerprint density at radius 3 is 2.56 bits per heavy atom. The summed E-state index contributed by atoms with van der Waals surface area (Å²) in [6, 6.07) is 20.2. The number of ether oxygens (including phenoxy) is 1. The second-order valence-electron chi connectivity index (χ2n) is 8.57. The van der Waals surface area contributed by atoms with E-state index in [1.807, 2.05) is 36.4 Å². The van der Waals surface area contributed by atoms with Crippen LogP contribution in [0.3, 0.4) is 0 Å². The highest BCUT2D eigenvalue weighted by molar-refractivity contribution is 7.16. The SMILES string of the molecule is CCc1cc(C(c2cccc(OC)c2)N2CCC(C)CC2)c(NC(=O)c2ccccc2)s1. The normalized spacial score (nSPS) is 16.0. The van der Waals surface area contributed by atoms with Gasteiger partial charge in [-0.05, 0) is 74.2 Å². The zero-order valence-electron chi connectivity index (χ0n) is 19.1. The molecular weight excluding hydrogens is 416 g/mol. The van der Waals surface area contributed by atoms with Crippen LogP contribution in [0.5, 0.6) is 5.75 Å². The molecule has 32 heavy (non-hydrogen) atoms. The highest BCUT2D eigenvalue weighted by Gasteiger charge is 2.30. The summed E-state index contributed by atoms with van der Waals surface area (Å²) in [6.45, 7) is 6.60. The predicted octanol–water partition coefficient (Wildman–Crippen LogP) is 6.39. The van der Waals surface area contributed by atoms with E-state index in [9.17, 15) is 4.79 Å². The minimum absolute atomic E-state index is 0.0620. The van der Waals surface area contributed by atoms with Gasteiger partial charge in [0.15, 0.2) is 0 Å². The number of benzene rings is 2. The number of hydrogen-bond donors (Lipinski definition) is 1. The van der Waals surface area contributed by atoms with Crippen molar-refractivity contribution in [1.29, 1.82) is 0 Å². The molecule has 5 heteroatoms. The van der Waals surface area contributed by atoms with Crippen LogP contribution in [-0.4, -0.2) is 31.0 Å². The quantitative estimate of drug-likeness (QED) is 0.455. The average Bonchev–Trinajstić information content (AvgIpc) is 3.23. The molecule has 1 atom stereocenters. The van der Waals surface area contributed by atoms with Crippen LogP contribution in [0.4, 0.5) is 5.00 Å². The Bertz CT molecular complexity index is 1040. The highest BCUT2D eigenvalue weighted by Crippen LogP contribution is 2.41. The minimum atomic E-state index is -0.0620. The van der Waals surface area contributed by atoms with Gasteiger partial charge in [-0.3, -0.25) is 9.69 Å². The molecule has 0 radical (unpaired) electrons. The first-order chi connectivity index (χ1) is 15.6. The Kier molecular flexibility index (Phi) is 7.28. The molecule has 2 heterocycles. The lowest BCUT2D eigenvalue weighted by Gasteiger charge is -2.37. The summed E-state index contributed by atoms with van der Waals surface area (Å²) in [6.07, 6.45) is 3.33. The fourth-order valence-electron chi connectivity index (χ4n) is 4.38. The number of nitrogens with one attached hydrogen (secondary N) is 1. The van der Waals surface area contributed by atoms with Gasteiger partial charge in [0.2, 0.25) is 0 Å². The molecule has 1 aliphatic heterocycles. The predicted molar refractivity (Wildman–Crippen MR) is 133 cm³/mol. The van der Waals surface area contributed by atoms with Gasteiger partial charge in [-0.2, -0.15) is 0 Å². The number of anilines is 1. The van der Waals surface area contributed by atoms with Crippen LogP contribution in [0, 0.1) is 5.92 Å². The number of piperidine rings is 1. The molecule has 1 fully saturated rings. The van der Waals surface area contributed by atoms with E-state index in [0.717, 1.165) is 36.2 Å². The summed E-state index contributed by atoms with van der Waals surface area (Å²) in [5.41, 5.74) is 3.06. The van der Waals surface area contributed by atoms with Crippen molar-refractivity contribution in [2.24, 2.45) is 5.92 Å².